The molecule has 8 nitrogen and oxygen atoms in total. The van der Waals surface area contributed by atoms with Crippen molar-refractivity contribution in [1.82, 2.24) is 19.2 Å². The quantitative estimate of drug-likeness (QED) is 0.438. The van der Waals surface area contributed by atoms with Crippen LogP contribution in [0.25, 0.3) is 16.7 Å². The molecule has 9 heteroatoms. The molecule has 0 fully saturated rings. The van der Waals surface area contributed by atoms with Gasteiger partial charge in [-0.15, -0.1) is 10.2 Å². The second-order valence-electron chi connectivity index (χ2n) is 6.56. The first kappa shape index (κ1) is 19.1. The Kier molecular flexibility index (Phi) is 4.83. The van der Waals surface area contributed by atoms with Crippen LogP contribution in [0, 0.1) is 6.92 Å². The highest BCUT2D eigenvalue weighted by atomic mass is 79.9. The van der Waals surface area contributed by atoms with Gasteiger partial charge in [0.15, 0.2) is 5.82 Å². The molecule has 4 aromatic rings. The van der Waals surface area contributed by atoms with Crippen molar-refractivity contribution in [3.05, 3.63) is 68.2 Å². The largest absolute Gasteiger partial charge is 0.484 e. The number of hydrogen-bond donors (Lipinski definition) is 0. The molecule has 29 heavy (non-hydrogen) atoms. The average molecular weight is 457 g/mol. The first-order valence-corrected chi connectivity index (χ1v) is 9.54. The summed E-state index contributed by atoms with van der Waals surface area (Å²) in [7, 11) is 3.00. The molecule has 0 saturated heterocycles. The molecule has 0 atom stereocenters. The van der Waals surface area contributed by atoms with Crippen LogP contribution in [0.1, 0.15) is 21.7 Å². The van der Waals surface area contributed by atoms with Gasteiger partial charge in [-0.05, 0) is 53.2 Å². The number of fused-ring (bicyclic) bond motifs is 3. The monoisotopic (exact) mass is 456 g/mol. The summed E-state index contributed by atoms with van der Waals surface area (Å²) in [4.78, 5) is 24.3. The molecule has 0 unspecified atom stereocenters. The van der Waals surface area contributed by atoms with Crippen molar-refractivity contribution in [3.8, 4) is 5.75 Å². The van der Waals surface area contributed by atoms with Crippen molar-refractivity contribution < 1.29 is 14.3 Å². The van der Waals surface area contributed by atoms with E-state index in [0.29, 0.717) is 32.8 Å². The first-order valence-electron chi connectivity index (χ1n) is 8.74. The highest BCUT2D eigenvalue weighted by Gasteiger charge is 2.16. The average Bonchev–Trinajstić information content (AvgIpc) is 3.14. The van der Waals surface area contributed by atoms with E-state index in [1.807, 2.05) is 29.5 Å². The molecule has 0 spiro atoms. The minimum atomic E-state index is -0.427. The van der Waals surface area contributed by atoms with E-state index in [-0.39, 0.29) is 12.2 Å². The normalized spacial score (nSPS) is 11.2. The number of methoxy groups -OCH3 is 1. The van der Waals surface area contributed by atoms with Crippen LogP contribution in [-0.4, -0.2) is 32.2 Å². The van der Waals surface area contributed by atoms with Gasteiger partial charge in [0.25, 0.3) is 5.56 Å². The Bertz CT molecular complexity index is 1330. The predicted octanol–water partition coefficient (Wildman–Crippen LogP) is 3.02. The van der Waals surface area contributed by atoms with Crippen molar-refractivity contribution in [1.29, 1.82) is 0 Å². The lowest BCUT2D eigenvalue weighted by atomic mass is 10.1. The van der Waals surface area contributed by atoms with E-state index in [4.69, 9.17) is 9.47 Å². The summed E-state index contributed by atoms with van der Waals surface area (Å²) in [6.45, 7) is 2.06. The van der Waals surface area contributed by atoms with Gasteiger partial charge < -0.3 is 9.47 Å². The molecule has 148 valence electrons. The highest BCUT2D eigenvalue weighted by Crippen LogP contribution is 2.27. The summed E-state index contributed by atoms with van der Waals surface area (Å²) in [5.74, 6) is 1.10. The summed E-state index contributed by atoms with van der Waals surface area (Å²) >= 11 is 3.41. The SMILES string of the molecule is COC(=O)c1ccc(OCc2nnc3n(C)c(=O)c4cc(C)ccc4n23)c(Br)c1. The van der Waals surface area contributed by atoms with Crippen LogP contribution in [0.5, 0.6) is 5.75 Å². The van der Waals surface area contributed by atoms with Crippen molar-refractivity contribution >= 4 is 38.6 Å². The van der Waals surface area contributed by atoms with Crippen LogP contribution in [0.15, 0.2) is 45.7 Å². The number of hydrogen-bond acceptors (Lipinski definition) is 6. The van der Waals surface area contributed by atoms with Crippen LogP contribution in [0.4, 0.5) is 0 Å². The number of carbonyl (C=O) groups is 1. The Hall–Kier alpha value is -3.20. The summed E-state index contributed by atoms with van der Waals surface area (Å²) in [5.41, 5.74) is 2.00. The van der Waals surface area contributed by atoms with Crippen LogP contribution in [-0.2, 0) is 18.4 Å². The van der Waals surface area contributed by atoms with Crippen molar-refractivity contribution in [2.75, 3.05) is 7.11 Å². The molecular weight excluding hydrogens is 440 g/mol. The molecule has 0 amide bonds. The molecule has 0 aliphatic carbocycles. The standard InChI is InChI=1S/C20H17BrN4O4/c1-11-4-6-15-13(8-11)18(26)24(2)20-23-22-17(25(15)20)10-29-16-7-5-12(9-14(16)21)19(27)28-3/h4-9H,10H2,1-3H3. The molecule has 2 aromatic heterocycles. The Morgan fingerprint density at radius 3 is 2.69 bits per heavy atom. The van der Waals surface area contributed by atoms with Gasteiger partial charge >= 0.3 is 5.97 Å². The van der Waals surface area contributed by atoms with Crippen molar-refractivity contribution in [2.24, 2.45) is 7.05 Å². The molecular formula is C20H17BrN4O4. The van der Waals surface area contributed by atoms with E-state index in [9.17, 15) is 9.59 Å². The lowest BCUT2D eigenvalue weighted by Gasteiger charge is -2.11. The van der Waals surface area contributed by atoms with E-state index in [0.717, 1.165) is 11.1 Å². The van der Waals surface area contributed by atoms with E-state index in [1.165, 1.54) is 11.7 Å². The first-order chi connectivity index (χ1) is 13.9. The van der Waals surface area contributed by atoms with Crippen LogP contribution >= 0.6 is 15.9 Å². The maximum atomic E-state index is 12.6. The van der Waals surface area contributed by atoms with Gasteiger partial charge in [-0.25, -0.2) is 4.79 Å². The van der Waals surface area contributed by atoms with Gasteiger partial charge in [-0.2, -0.15) is 0 Å². The molecule has 0 aliphatic heterocycles. The molecule has 2 aromatic carbocycles. The number of rotatable bonds is 4. The Labute approximate surface area is 173 Å². The van der Waals surface area contributed by atoms with E-state index in [2.05, 4.69) is 26.1 Å². The summed E-state index contributed by atoms with van der Waals surface area (Å²) < 4.78 is 14.5. The van der Waals surface area contributed by atoms with Gasteiger partial charge in [0.2, 0.25) is 5.78 Å². The number of benzene rings is 2. The number of aromatic nitrogens is 4. The van der Waals surface area contributed by atoms with Crippen molar-refractivity contribution in [2.45, 2.75) is 13.5 Å². The third kappa shape index (κ3) is 3.27. The van der Waals surface area contributed by atoms with Gasteiger partial charge in [-0.3, -0.25) is 13.8 Å². The zero-order valence-electron chi connectivity index (χ0n) is 16.0. The molecule has 0 radical (unpaired) electrons. The fourth-order valence-corrected chi connectivity index (χ4v) is 3.65. The maximum Gasteiger partial charge on any atom is 0.337 e. The number of ether oxygens (including phenoxy) is 2. The second kappa shape index (κ2) is 7.32. The van der Waals surface area contributed by atoms with Gasteiger partial charge in [-0.1, -0.05) is 11.6 Å². The topological polar surface area (TPSA) is 87.7 Å². The fourth-order valence-electron chi connectivity index (χ4n) is 3.16. The molecule has 0 saturated carbocycles. The molecule has 0 aliphatic rings. The predicted molar refractivity (Wildman–Crippen MR) is 110 cm³/mol. The van der Waals surface area contributed by atoms with Crippen molar-refractivity contribution in [3.63, 3.8) is 0 Å². The Balaban J connectivity index is 1.74. The number of halogens is 1. The lowest BCUT2D eigenvalue weighted by molar-refractivity contribution is 0.0600. The van der Waals surface area contributed by atoms with Gasteiger partial charge in [0.05, 0.1) is 28.0 Å². The summed E-state index contributed by atoms with van der Waals surface area (Å²) in [6, 6.07) is 10.6. The zero-order chi connectivity index (χ0) is 20.7. The Morgan fingerprint density at radius 1 is 1.17 bits per heavy atom. The minimum Gasteiger partial charge on any atom is -0.484 e. The molecule has 2 heterocycles. The maximum absolute atomic E-state index is 12.6. The molecule has 0 N–H and O–H groups in total. The summed E-state index contributed by atoms with van der Waals surface area (Å²) in [6.07, 6.45) is 0. The van der Waals surface area contributed by atoms with Crippen LogP contribution in [0.2, 0.25) is 0 Å². The zero-order valence-corrected chi connectivity index (χ0v) is 17.6. The fraction of sp³-hybridized carbons (Fsp3) is 0.200. The third-order valence-corrected chi connectivity index (χ3v) is 5.27. The highest BCUT2D eigenvalue weighted by molar-refractivity contribution is 9.10. The summed E-state index contributed by atoms with van der Waals surface area (Å²) in [5, 5.41) is 8.96. The van der Waals surface area contributed by atoms with Crippen LogP contribution < -0.4 is 10.3 Å². The number of esters is 1. The molecule has 4 rings (SSSR count). The third-order valence-electron chi connectivity index (χ3n) is 4.65. The molecule has 0 bridgehead atoms. The van der Waals surface area contributed by atoms with E-state index in [1.54, 1.807) is 25.2 Å². The number of aryl methyl sites for hydroxylation is 2. The minimum absolute atomic E-state index is 0.124. The smallest absolute Gasteiger partial charge is 0.337 e. The second-order valence-corrected chi connectivity index (χ2v) is 7.42. The van der Waals surface area contributed by atoms with Crippen LogP contribution in [0.3, 0.4) is 0 Å². The number of carbonyl (C=O) groups excluding carboxylic acids is 1. The lowest BCUT2D eigenvalue weighted by Crippen LogP contribution is -2.20. The Morgan fingerprint density at radius 2 is 1.97 bits per heavy atom. The van der Waals surface area contributed by atoms with Gasteiger partial charge in [0.1, 0.15) is 12.4 Å². The number of nitrogens with zero attached hydrogens (tertiary/aromatic N) is 4. The van der Waals surface area contributed by atoms with E-state index < -0.39 is 5.97 Å². The van der Waals surface area contributed by atoms with E-state index >= 15 is 0 Å². The van der Waals surface area contributed by atoms with Gasteiger partial charge in [0, 0.05) is 7.05 Å².